The Hall–Kier alpha value is -3.57. The van der Waals surface area contributed by atoms with E-state index in [2.05, 4.69) is 18.3 Å². The summed E-state index contributed by atoms with van der Waals surface area (Å²) in [6.07, 6.45) is 0.860. The zero-order valence-corrected chi connectivity index (χ0v) is 19.1. The molecule has 33 heavy (non-hydrogen) atoms. The Bertz CT molecular complexity index is 1350. The van der Waals surface area contributed by atoms with Crippen LogP contribution in [0.4, 0.5) is 11.4 Å². The number of nitrogens with zero attached hydrogens (tertiary/aromatic N) is 1. The Morgan fingerprint density at radius 2 is 1.73 bits per heavy atom. The van der Waals surface area contributed by atoms with Gasteiger partial charge >= 0.3 is 0 Å². The molecule has 4 nitrogen and oxygen atoms in total. The third kappa shape index (κ3) is 4.24. The minimum atomic E-state index is -0.152. The molecule has 1 fully saturated rings. The molecule has 1 saturated heterocycles. The van der Waals surface area contributed by atoms with Crippen LogP contribution in [0, 0.1) is 0 Å². The molecule has 2 amide bonds. The average molecular weight is 453 g/mol. The molecular formula is C28H24N2O2S. The lowest BCUT2D eigenvalue weighted by Crippen LogP contribution is -2.28. The first kappa shape index (κ1) is 21.3. The van der Waals surface area contributed by atoms with Crippen molar-refractivity contribution in [3.63, 3.8) is 0 Å². The number of thioether (sulfide) groups is 1. The van der Waals surface area contributed by atoms with Crippen molar-refractivity contribution in [2.24, 2.45) is 0 Å². The maximum absolute atomic E-state index is 12.9. The average Bonchev–Trinajstić information content (AvgIpc) is 3.25. The number of carbonyl (C=O) groups excluding carboxylic acids is 2. The standard InChI is InChI=1S/C28H24N2O2S/c1-2-19-8-5-6-13-25(19)30-26(31)18-33-28(30)23-11-7-12-24(17-23)29-27(32)22-15-14-20-9-3-4-10-21(20)16-22/h3-17,28H,2,18H2,1H3,(H,29,32). The first-order valence-corrected chi connectivity index (χ1v) is 12.1. The van der Waals surface area contributed by atoms with E-state index in [9.17, 15) is 9.59 Å². The zero-order valence-electron chi connectivity index (χ0n) is 18.3. The highest BCUT2D eigenvalue weighted by atomic mass is 32.2. The summed E-state index contributed by atoms with van der Waals surface area (Å²) in [6, 6.07) is 29.6. The van der Waals surface area contributed by atoms with Crippen molar-refractivity contribution in [3.05, 3.63) is 108 Å². The monoisotopic (exact) mass is 452 g/mol. The molecule has 4 aromatic rings. The Labute approximate surface area is 197 Å². The van der Waals surface area contributed by atoms with Crippen LogP contribution >= 0.6 is 11.8 Å². The number of carbonyl (C=O) groups is 2. The molecule has 164 valence electrons. The summed E-state index contributed by atoms with van der Waals surface area (Å²) in [5.74, 6) is 0.397. The molecule has 1 heterocycles. The van der Waals surface area contributed by atoms with Crippen molar-refractivity contribution in [2.75, 3.05) is 16.0 Å². The molecule has 1 atom stereocenters. The zero-order chi connectivity index (χ0) is 22.8. The second-order valence-corrected chi connectivity index (χ2v) is 9.12. The van der Waals surface area contributed by atoms with Gasteiger partial charge in [-0.15, -0.1) is 11.8 Å². The van der Waals surface area contributed by atoms with Crippen LogP contribution in [-0.4, -0.2) is 17.6 Å². The molecule has 5 heteroatoms. The third-order valence-corrected chi connectivity index (χ3v) is 7.15. The number of para-hydroxylation sites is 1. The van der Waals surface area contributed by atoms with Crippen molar-refractivity contribution in [1.29, 1.82) is 0 Å². The van der Waals surface area contributed by atoms with Crippen molar-refractivity contribution in [1.82, 2.24) is 0 Å². The van der Waals surface area contributed by atoms with E-state index in [4.69, 9.17) is 0 Å². The number of fused-ring (bicyclic) bond motifs is 1. The van der Waals surface area contributed by atoms with Gasteiger partial charge in [0, 0.05) is 16.9 Å². The predicted molar refractivity (Wildman–Crippen MR) is 137 cm³/mol. The van der Waals surface area contributed by atoms with E-state index in [1.165, 1.54) is 0 Å². The van der Waals surface area contributed by atoms with E-state index in [1.807, 2.05) is 89.8 Å². The summed E-state index contributed by atoms with van der Waals surface area (Å²) in [4.78, 5) is 27.6. The van der Waals surface area contributed by atoms with Crippen LogP contribution in [0.5, 0.6) is 0 Å². The number of anilines is 2. The van der Waals surface area contributed by atoms with Crippen LogP contribution in [-0.2, 0) is 11.2 Å². The number of amides is 2. The van der Waals surface area contributed by atoms with Gasteiger partial charge in [0.1, 0.15) is 5.37 Å². The molecule has 1 aliphatic rings. The largest absolute Gasteiger partial charge is 0.322 e. The van der Waals surface area contributed by atoms with Gasteiger partial charge in [0.25, 0.3) is 5.91 Å². The third-order valence-electron chi connectivity index (χ3n) is 5.94. The summed E-state index contributed by atoms with van der Waals surface area (Å²) in [7, 11) is 0. The van der Waals surface area contributed by atoms with Crippen molar-refractivity contribution < 1.29 is 9.59 Å². The fraction of sp³-hybridized carbons (Fsp3) is 0.143. The van der Waals surface area contributed by atoms with E-state index in [1.54, 1.807) is 11.8 Å². The Morgan fingerprint density at radius 3 is 2.58 bits per heavy atom. The number of hydrogen-bond acceptors (Lipinski definition) is 3. The van der Waals surface area contributed by atoms with E-state index >= 15 is 0 Å². The van der Waals surface area contributed by atoms with Gasteiger partial charge in [-0.25, -0.2) is 0 Å². The van der Waals surface area contributed by atoms with E-state index < -0.39 is 0 Å². The lowest BCUT2D eigenvalue weighted by Gasteiger charge is -2.26. The quantitative estimate of drug-likeness (QED) is 0.379. The van der Waals surface area contributed by atoms with Gasteiger partial charge in [-0.1, -0.05) is 67.6 Å². The Morgan fingerprint density at radius 1 is 0.939 bits per heavy atom. The normalized spacial score (nSPS) is 15.7. The fourth-order valence-electron chi connectivity index (χ4n) is 4.28. The number of aryl methyl sites for hydroxylation is 1. The van der Waals surface area contributed by atoms with Crippen LogP contribution < -0.4 is 10.2 Å². The van der Waals surface area contributed by atoms with Crippen LogP contribution in [0.25, 0.3) is 10.8 Å². The summed E-state index contributed by atoms with van der Waals surface area (Å²) in [5, 5.41) is 5.04. The second-order valence-electron chi connectivity index (χ2n) is 8.05. The number of rotatable bonds is 5. The topological polar surface area (TPSA) is 49.4 Å². The van der Waals surface area contributed by atoms with Gasteiger partial charge < -0.3 is 5.32 Å². The lowest BCUT2D eigenvalue weighted by atomic mass is 10.1. The van der Waals surface area contributed by atoms with Gasteiger partial charge in [0.05, 0.1) is 5.75 Å². The highest BCUT2D eigenvalue weighted by molar-refractivity contribution is 8.00. The molecule has 0 saturated carbocycles. The molecule has 0 radical (unpaired) electrons. The van der Waals surface area contributed by atoms with Gasteiger partial charge in [-0.3, -0.25) is 14.5 Å². The second kappa shape index (κ2) is 9.12. The van der Waals surface area contributed by atoms with Gasteiger partial charge in [-0.2, -0.15) is 0 Å². The smallest absolute Gasteiger partial charge is 0.255 e. The minimum absolute atomic E-state index is 0.108. The van der Waals surface area contributed by atoms with Crippen molar-refractivity contribution in [3.8, 4) is 0 Å². The molecular weight excluding hydrogens is 428 g/mol. The summed E-state index contributed by atoms with van der Waals surface area (Å²) in [5.41, 5.74) is 4.44. The molecule has 5 rings (SSSR count). The predicted octanol–water partition coefficient (Wildman–Crippen LogP) is 6.43. The first-order chi connectivity index (χ1) is 16.1. The van der Waals surface area contributed by atoms with Gasteiger partial charge in [0.15, 0.2) is 0 Å². The highest BCUT2D eigenvalue weighted by Crippen LogP contribution is 2.43. The van der Waals surface area contributed by atoms with Crippen LogP contribution in [0.3, 0.4) is 0 Å². The van der Waals surface area contributed by atoms with Crippen LogP contribution in [0.15, 0.2) is 91.0 Å². The molecule has 0 aromatic heterocycles. The molecule has 0 bridgehead atoms. The van der Waals surface area contributed by atoms with Crippen molar-refractivity contribution >= 4 is 45.7 Å². The summed E-state index contributed by atoms with van der Waals surface area (Å²) >= 11 is 1.61. The Kier molecular flexibility index (Phi) is 5.88. The number of nitrogens with one attached hydrogen (secondary N) is 1. The minimum Gasteiger partial charge on any atom is -0.322 e. The number of hydrogen-bond donors (Lipinski definition) is 1. The number of benzene rings is 4. The molecule has 0 spiro atoms. The first-order valence-electron chi connectivity index (χ1n) is 11.1. The maximum Gasteiger partial charge on any atom is 0.255 e. The lowest BCUT2D eigenvalue weighted by molar-refractivity contribution is -0.115. The molecule has 4 aromatic carbocycles. The highest BCUT2D eigenvalue weighted by Gasteiger charge is 2.35. The molecule has 1 unspecified atom stereocenters. The molecule has 1 aliphatic heterocycles. The van der Waals surface area contributed by atoms with E-state index in [0.717, 1.165) is 34.0 Å². The van der Waals surface area contributed by atoms with Gasteiger partial charge in [-0.05, 0) is 58.7 Å². The molecule has 0 aliphatic carbocycles. The molecule has 1 N–H and O–H groups in total. The van der Waals surface area contributed by atoms with Crippen LogP contribution in [0.1, 0.15) is 33.8 Å². The fourth-order valence-corrected chi connectivity index (χ4v) is 5.44. The van der Waals surface area contributed by atoms with E-state index in [-0.39, 0.29) is 17.2 Å². The van der Waals surface area contributed by atoms with Gasteiger partial charge in [0.2, 0.25) is 5.91 Å². The summed E-state index contributed by atoms with van der Waals surface area (Å²) in [6.45, 7) is 2.10. The summed E-state index contributed by atoms with van der Waals surface area (Å²) < 4.78 is 0. The SMILES string of the molecule is CCc1ccccc1N1C(=O)CSC1c1cccc(NC(=O)c2ccc3ccccc3c2)c1. The maximum atomic E-state index is 12.9. The van der Waals surface area contributed by atoms with Crippen molar-refractivity contribution in [2.45, 2.75) is 18.7 Å². The van der Waals surface area contributed by atoms with Crippen LogP contribution in [0.2, 0.25) is 0 Å². The van der Waals surface area contributed by atoms with E-state index in [0.29, 0.717) is 17.0 Å². The Balaban J connectivity index is 1.41.